The van der Waals surface area contributed by atoms with Crippen molar-refractivity contribution in [3.8, 4) is 5.75 Å². The fourth-order valence-corrected chi connectivity index (χ4v) is 0.340. The van der Waals surface area contributed by atoms with Gasteiger partial charge in [-0.15, -0.1) is 0 Å². The molecule has 0 saturated carbocycles. The van der Waals surface area contributed by atoms with Crippen LogP contribution in [0, 0.1) is 0 Å². The molecule has 2 N–H and O–H groups in total. The van der Waals surface area contributed by atoms with Gasteiger partial charge in [-0.25, -0.2) is 0 Å². The summed E-state index contributed by atoms with van der Waals surface area (Å²) in [5.41, 5.74) is -0.608. The zero-order valence-electron chi connectivity index (χ0n) is 3.96. The lowest BCUT2D eigenvalue weighted by atomic mass is 10.6. The van der Waals surface area contributed by atoms with Crippen molar-refractivity contribution in [2.24, 2.45) is 0 Å². The third kappa shape index (κ3) is 0.676. The van der Waals surface area contributed by atoms with Crippen LogP contribution in [0.1, 0.15) is 0 Å². The number of rotatable bonds is 0. The van der Waals surface area contributed by atoms with Gasteiger partial charge in [0.1, 0.15) is 0 Å². The van der Waals surface area contributed by atoms with Crippen LogP contribution in [0.15, 0.2) is 17.3 Å². The van der Waals surface area contributed by atoms with Gasteiger partial charge in [0.25, 0.3) is 0 Å². The topological polar surface area (TPSA) is 66.0 Å². The molecule has 0 amide bonds. The van der Waals surface area contributed by atoms with Crippen molar-refractivity contribution in [3.63, 3.8) is 0 Å². The van der Waals surface area contributed by atoms with Crippen LogP contribution in [0.2, 0.25) is 0 Å². The molecule has 42 valence electrons. The highest BCUT2D eigenvalue weighted by atomic mass is 16.3. The van der Waals surface area contributed by atoms with Gasteiger partial charge in [-0.05, 0) is 0 Å². The highest BCUT2D eigenvalue weighted by molar-refractivity contribution is 5.07. The van der Waals surface area contributed by atoms with Crippen LogP contribution in [-0.4, -0.2) is 15.1 Å². The van der Waals surface area contributed by atoms with E-state index in [4.69, 9.17) is 5.11 Å². The number of H-pyrrole nitrogens is 1. The largest absolute Gasteiger partial charge is 0.502 e. The lowest BCUT2D eigenvalue weighted by molar-refractivity contribution is 0.463. The molecule has 0 atom stereocenters. The van der Waals surface area contributed by atoms with Crippen LogP contribution in [-0.2, 0) is 0 Å². The average Bonchev–Trinajstić information content (AvgIpc) is 1.77. The average molecular weight is 112 g/mol. The van der Waals surface area contributed by atoms with Gasteiger partial charge in [0.05, 0.1) is 12.5 Å². The van der Waals surface area contributed by atoms with E-state index in [0.29, 0.717) is 0 Å². The van der Waals surface area contributed by atoms with Crippen molar-refractivity contribution in [2.75, 3.05) is 0 Å². The predicted molar refractivity (Wildman–Crippen MR) is 26.5 cm³/mol. The van der Waals surface area contributed by atoms with Gasteiger partial charge in [-0.3, -0.25) is 4.79 Å². The first-order valence-electron chi connectivity index (χ1n) is 2.03. The summed E-state index contributed by atoms with van der Waals surface area (Å²) in [5, 5.41) is 8.51. The highest BCUT2D eigenvalue weighted by Crippen LogP contribution is 1.88. The van der Waals surface area contributed by atoms with Crippen molar-refractivity contribution in [3.05, 3.63) is 22.9 Å². The second-order valence-corrected chi connectivity index (χ2v) is 1.26. The third-order valence-electron chi connectivity index (χ3n) is 0.696. The summed E-state index contributed by atoms with van der Waals surface area (Å²) in [6, 6.07) is 0. The van der Waals surface area contributed by atoms with E-state index in [1.165, 1.54) is 12.5 Å². The number of nitrogens with one attached hydrogen (secondary N) is 1. The Bertz CT molecular complexity index is 229. The van der Waals surface area contributed by atoms with Crippen LogP contribution in [0.25, 0.3) is 0 Å². The molecule has 8 heavy (non-hydrogen) atoms. The van der Waals surface area contributed by atoms with Gasteiger partial charge >= 0.3 is 5.56 Å². The summed E-state index contributed by atoms with van der Waals surface area (Å²) in [7, 11) is 0. The monoisotopic (exact) mass is 112 g/mol. The molecule has 1 heterocycles. The Labute approximate surface area is 44.8 Å². The molecule has 0 aromatic carbocycles. The number of aromatic hydroxyl groups is 1. The van der Waals surface area contributed by atoms with Gasteiger partial charge in [-0.1, -0.05) is 0 Å². The van der Waals surface area contributed by atoms with Gasteiger partial charge in [0.2, 0.25) is 0 Å². The van der Waals surface area contributed by atoms with Crippen LogP contribution in [0.4, 0.5) is 0 Å². The Morgan fingerprint density at radius 3 is 2.88 bits per heavy atom. The Morgan fingerprint density at radius 2 is 2.50 bits per heavy atom. The highest BCUT2D eigenvalue weighted by Gasteiger charge is 1.89. The molecule has 1 aromatic rings. The zero-order valence-corrected chi connectivity index (χ0v) is 3.96. The SMILES string of the molecule is O=c1nc[nH]cc1O. The molecule has 0 bridgehead atoms. The summed E-state index contributed by atoms with van der Waals surface area (Å²) in [4.78, 5) is 15.9. The minimum absolute atomic E-state index is 0.354. The first-order chi connectivity index (χ1) is 3.80. The Morgan fingerprint density at radius 1 is 1.75 bits per heavy atom. The minimum Gasteiger partial charge on any atom is -0.502 e. The van der Waals surface area contributed by atoms with Crippen LogP contribution in [0.5, 0.6) is 5.75 Å². The Hall–Kier alpha value is -1.32. The standard InChI is InChI=1S/C4H4N2O2/c7-3-1-5-2-6-4(3)8/h1-2,7H,(H,5,6,8). The van der Waals surface area contributed by atoms with Crippen molar-refractivity contribution < 1.29 is 5.11 Å². The van der Waals surface area contributed by atoms with Gasteiger partial charge in [-0.2, -0.15) is 4.98 Å². The van der Waals surface area contributed by atoms with Crippen molar-refractivity contribution in [2.45, 2.75) is 0 Å². The molecule has 0 aliphatic rings. The number of hydrogen-bond donors (Lipinski definition) is 2. The van der Waals surface area contributed by atoms with E-state index >= 15 is 0 Å². The fraction of sp³-hybridized carbons (Fsp3) is 0. The first-order valence-corrected chi connectivity index (χ1v) is 2.03. The number of hydrogen-bond acceptors (Lipinski definition) is 3. The lowest BCUT2D eigenvalue weighted by Crippen LogP contribution is -2.03. The molecular weight excluding hydrogens is 108 g/mol. The summed E-state index contributed by atoms with van der Waals surface area (Å²) >= 11 is 0. The van der Waals surface area contributed by atoms with E-state index in [2.05, 4.69) is 9.97 Å². The zero-order chi connectivity index (χ0) is 5.98. The maximum absolute atomic E-state index is 10.2. The summed E-state index contributed by atoms with van der Waals surface area (Å²) < 4.78 is 0. The Balaban J connectivity index is 3.35. The molecule has 0 radical (unpaired) electrons. The number of aromatic nitrogens is 2. The number of aromatic amines is 1. The molecule has 0 unspecified atom stereocenters. The molecule has 0 spiro atoms. The summed E-state index contributed by atoms with van der Waals surface area (Å²) in [6.45, 7) is 0. The minimum atomic E-state index is -0.608. The molecule has 0 aliphatic carbocycles. The predicted octanol–water partition coefficient (Wildman–Crippen LogP) is -0.524. The maximum atomic E-state index is 10.2. The van der Waals surface area contributed by atoms with E-state index in [9.17, 15) is 4.79 Å². The van der Waals surface area contributed by atoms with Crippen LogP contribution < -0.4 is 5.56 Å². The third-order valence-corrected chi connectivity index (χ3v) is 0.696. The van der Waals surface area contributed by atoms with Crippen molar-refractivity contribution in [1.82, 2.24) is 9.97 Å². The van der Waals surface area contributed by atoms with E-state index in [1.807, 2.05) is 0 Å². The van der Waals surface area contributed by atoms with Crippen LogP contribution >= 0.6 is 0 Å². The van der Waals surface area contributed by atoms with E-state index in [1.54, 1.807) is 0 Å². The smallest absolute Gasteiger partial charge is 0.314 e. The first kappa shape index (κ1) is 4.83. The fourth-order valence-electron chi connectivity index (χ4n) is 0.340. The van der Waals surface area contributed by atoms with Gasteiger partial charge < -0.3 is 10.1 Å². The van der Waals surface area contributed by atoms with E-state index < -0.39 is 5.56 Å². The molecule has 0 fully saturated rings. The lowest BCUT2D eigenvalue weighted by Gasteiger charge is -1.82. The van der Waals surface area contributed by atoms with Crippen molar-refractivity contribution >= 4 is 0 Å². The second kappa shape index (κ2) is 1.65. The van der Waals surface area contributed by atoms with Crippen molar-refractivity contribution in [1.29, 1.82) is 0 Å². The maximum Gasteiger partial charge on any atom is 0.314 e. The molecule has 1 rings (SSSR count). The molecule has 1 aromatic heterocycles. The Kier molecular flexibility index (Phi) is 0.997. The number of nitrogens with zero attached hydrogens (tertiary/aromatic N) is 1. The van der Waals surface area contributed by atoms with Gasteiger partial charge in [0.15, 0.2) is 5.75 Å². The quantitative estimate of drug-likeness (QED) is 0.474. The summed E-state index contributed by atoms with van der Waals surface area (Å²) in [6.07, 6.45) is 2.39. The van der Waals surface area contributed by atoms with Crippen LogP contribution in [0.3, 0.4) is 0 Å². The molecule has 4 nitrogen and oxygen atoms in total. The normalized spacial score (nSPS) is 9.00. The van der Waals surface area contributed by atoms with E-state index in [-0.39, 0.29) is 5.75 Å². The second-order valence-electron chi connectivity index (χ2n) is 1.26. The molecule has 0 saturated heterocycles. The summed E-state index contributed by atoms with van der Waals surface area (Å²) in [5.74, 6) is -0.354. The van der Waals surface area contributed by atoms with E-state index in [0.717, 1.165) is 0 Å². The molecular formula is C4H4N2O2. The van der Waals surface area contributed by atoms with Gasteiger partial charge in [0, 0.05) is 0 Å². The molecule has 0 aliphatic heterocycles. The molecule has 4 heteroatoms.